The van der Waals surface area contributed by atoms with Crippen LogP contribution in [0.4, 0.5) is 0 Å². The largest absolute Gasteiger partial charge is 0.443 e. The molecule has 2 heterocycles. The SMILES string of the molecule is CC(N)C(=O)OCN1C=CN(CC2CCc3c(c4ccccc4n3C)C2=O)C1C.Cl.Cl. The van der Waals surface area contributed by atoms with Crippen LogP contribution in [0.2, 0.25) is 0 Å². The van der Waals surface area contributed by atoms with Crippen molar-refractivity contribution in [3.8, 4) is 0 Å². The van der Waals surface area contributed by atoms with Gasteiger partial charge in [0, 0.05) is 54.1 Å². The number of benzene rings is 1. The topological polar surface area (TPSA) is 80.8 Å². The van der Waals surface area contributed by atoms with Crippen molar-refractivity contribution in [3.63, 3.8) is 0 Å². The number of fused-ring (bicyclic) bond motifs is 3. The van der Waals surface area contributed by atoms with E-state index in [9.17, 15) is 9.59 Å². The van der Waals surface area contributed by atoms with Crippen LogP contribution < -0.4 is 5.73 Å². The van der Waals surface area contributed by atoms with Crippen molar-refractivity contribution >= 4 is 47.5 Å². The van der Waals surface area contributed by atoms with Crippen LogP contribution in [0.5, 0.6) is 0 Å². The van der Waals surface area contributed by atoms with Gasteiger partial charge in [0.05, 0.1) is 0 Å². The zero-order valence-corrected chi connectivity index (χ0v) is 19.6. The standard InChI is InChI=1S/C22H28N4O3.2ClH/c1-14(23)22(28)29-13-26-11-10-25(15(26)2)12-16-8-9-19-20(21(16)27)17-6-4-5-7-18(17)24(19)3;;/h4-7,10-11,14-16H,8-9,12-13,23H2,1-3H3;2*1H. The molecular weight excluding hydrogens is 439 g/mol. The number of para-hydroxylation sites is 1. The number of carbonyl (C=O) groups excluding carboxylic acids is 2. The monoisotopic (exact) mass is 468 g/mol. The molecule has 4 rings (SSSR count). The molecule has 31 heavy (non-hydrogen) atoms. The minimum atomic E-state index is -0.636. The molecule has 3 atom stereocenters. The fourth-order valence-electron chi connectivity index (χ4n) is 4.33. The van der Waals surface area contributed by atoms with E-state index in [1.54, 1.807) is 6.92 Å². The molecule has 170 valence electrons. The first-order valence-electron chi connectivity index (χ1n) is 10.1. The summed E-state index contributed by atoms with van der Waals surface area (Å²) in [5.74, 6) is -0.243. The molecule has 2 aliphatic rings. The van der Waals surface area contributed by atoms with Crippen LogP contribution in [0.25, 0.3) is 10.9 Å². The highest BCUT2D eigenvalue weighted by Crippen LogP contribution is 2.34. The summed E-state index contributed by atoms with van der Waals surface area (Å²) in [6.07, 6.45) is 5.62. The summed E-state index contributed by atoms with van der Waals surface area (Å²) >= 11 is 0. The summed E-state index contributed by atoms with van der Waals surface area (Å²) in [4.78, 5) is 29.0. The predicted octanol–water partition coefficient (Wildman–Crippen LogP) is 3.05. The Morgan fingerprint density at radius 1 is 1.23 bits per heavy atom. The molecule has 1 aromatic carbocycles. The second-order valence-corrected chi connectivity index (χ2v) is 8.02. The Morgan fingerprint density at radius 2 is 1.90 bits per heavy atom. The highest BCUT2D eigenvalue weighted by atomic mass is 35.5. The molecule has 1 aromatic heterocycles. The van der Waals surface area contributed by atoms with Crippen LogP contribution in [0, 0.1) is 5.92 Å². The summed E-state index contributed by atoms with van der Waals surface area (Å²) < 4.78 is 7.39. The molecule has 0 radical (unpaired) electrons. The number of halogens is 2. The summed E-state index contributed by atoms with van der Waals surface area (Å²) in [5.41, 5.74) is 8.68. The Morgan fingerprint density at radius 3 is 2.61 bits per heavy atom. The molecule has 0 spiro atoms. The second-order valence-electron chi connectivity index (χ2n) is 8.02. The molecule has 3 unspecified atom stereocenters. The van der Waals surface area contributed by atoms with Gasteiger partial charge in [-0.3, -0.25) is 9.59 Å². The van der Waals surface area contributed by atoms with Gasteiger partial charge in [-0.1, -0.05) is 18.2 Å². The van der Waals surface area contributed by atoms with Crippen LogP contribution >= 0.6 is 24.8 Å². The quantitative estimate of drug-likeness (QED) is 0.679. The van der Waals surface area contributed by atoms with Gasteiger partial charge in [-0.05, 0) is 32.8 Å². The Bertz CT molecular complexity index is 989. The van der Waals surface area contributed by atoms with Gasteiger partial charge >= 0.3 is 5.97 Å². The van der Waals surface area contributed by atoms with E-state index in [0.717, 1.165) is 35.0 Å². The van der Waals surface area contributed by atoms with E-state index in [2.05, 4.69) is 15.5 Å². The van der Waals surface area contributed by atoms with Gasteiger partial charge in [0.25, 0.3) is 0 Å². The van der Waals surface area contributed by atoms with Crippen molar-refractivity contribution in [2.75, 3.05) is 13.3 Å². The van der Waals surface area contributed by atoms with Gasteiger partial charge in [-0.2, -0.15) is 0 Å². The molecule has 2 N–H and O–H groups in total. The lowest BCUT2D eigenvalue weighted by Gasteiger charge is -2.33. The molecule has 0 amide bonds. The number of nitrogens with two attached hydrogens (primary N) is 1. The molecule has 0 saturated carbocycles. The Labute approximate surface area is 195 Å². The third kappa shape index (κ3) is 4.54. The number of carbonyl (C=O) groups is 2. The van der Waals surface area contributed by atoms with Crippen molar-refractivity contribution in [2.45, 2.75) is 38.9 Å². The minimum Gasteiger partial charge on any atom is -0.443 e. The molecule has 0 bridgehead atoms. The fraction of sp³-hybridized carbons (Fsp3) is 0.455. The number of nitrogens with zero attached hydrogens (tertiary/aromatic N) is 3. The summed E-state index contributed by atoms with van der Waals surface area (Å²) in [5, 5.41) is 1.05. The zero-order valence-electron chi connectivity index (χ0n) is 18.0. The Balaban J connectivity index is 0.00000171. The maximum absolute atomic E-state index is 13.3. The maximum Gasteiger partial charge on any atom is 0.324 e. The van der Waals surface area contributed by atoms with E-state index in [1.165, 1.54) is 0 Å². The normalized spacial score (nSPS) is 20.8. The number of aromatic nitrogens is 1. The number of ether oxygens (including phenoxy) is 1. The third-order valence-corrected chi connectivity index (χ3v) is 6.14. The molecule has 2 aromatic rings. The van der Waals surface area contributed by atoms with Crippen LogP contribution in [0.15, 0.2) is 36.7 Å². The molecular formula is C22H30Cl2N4O3. The highest BCUT2D eigenvalue weighted by molar-refractivity contribution is 6.11. The van der Waals surface area contributed by atoms with E-state index in [0.29, 0.717) is 6.54 Å². The van der Waals surface area contributed by atoms with Crippen molar-refractivity contribution in [1.29, 1.82) is 0 Å². The second kappa shape index (κ2) is 9.94. The van der Waals surface area contributed by atoms with E-state index in [-0.39, 0.29) is 49.4 Å². The minimum absolute atomic E-state index is 0. The summed E-state index contributed by atoms with van der Waals surface area (Å²) in [7, 11) is 2.04. The van der Waals surface area contributed by atoms with Crippen LogP contribution in [-0.4, -0.2) is 51.6 Å². The lowest BCUT2D eigenvalue weighted by atomic mass is 9.84. The van der Waals surface area contributed by atoms with E-state index >= 15 is 0 Å². The first-order chi connectivity index (χ1) is 13.9. The van der Waals surface area contributed by atoms with E-state index < -0.39 is 12.0 Å². The molecule has 7 nitrogen and oxygen atoms in total. The van der Waals surface area contributed by atoms with Gasteiger partial charge in [0.2, 0.25) is 0 Å². The van der Waals surface area contributed by atoms with Gasteiger partial charge in [-0.25, -0.2) is 0 Å². The van der Waals surface area contributed by atoms with E-state index in [4.69, 9.17) is 10.5 Å². The van der Waals surface area contributed by atoms with Crippen LogP contribution in [0.3, 0.4) is 0 Å². The smallest absolute Gasteiger partial charge is 0.324 e. The predicted molar refractivity (Wildman–Crippen MR) is 125 cm³/mol. The number of ketones is 1. The van der Waals surface area contributed by atoms with Crippen LogP contribution in [-0.2, 0) is 23.0 Å². The van der Waals surface area contributed by atoms with Gasteiger partial charge < -0.3 is 24.8 Å². The lowest BCUT2D eigenvalue weighted by molar-refractivity contribution is -0.149. The van der Waals surface area contributed by atoms with Crippen molar-refractivity contribution < 1.29 is 14.3 Å². The van der Waals surface area contributed by atoms with Crippen molar-refractivity contribution in [1.82, 2.24) is 14.4 Å². The number of hydrogen-bond donors (Lipinski definition) is 1. The number of aryl methyl sites for hydroxylation is 1. The lowest BCUT2D eigenvalue weighted by Crippen LogP contribution is -2.42. The first-order valence-corrected chi connectivity index (χ1v) is 10.1. The van der Waals surface area contributed by atoms with Crippen LogP contribution in [0.1, 0.15) is 36.3 Å². The Kier molecular flexibility index (Phi) is 8.03. The number of hydrogen-bond acceptors (Lipinski definition) is 6. The van der Waals surface area contributed by atoms with Crippen molar-refractivity contribution in [2.24, 2.45) is 18.7 Å². The fourth-order valence-corrected chi connectivity index (χ4v) is 4.33. The average Bonchev–Trinajstić information content (AvgIpc) is 3.20. The number of rotatable bonds is 5. The number of Topliss-reactive ketones (excluding diaryl/α,β-unsaturated/α-hetero) is 1. The van der Waals surface area contributed by atoms with Gasteiger partial charge in [0.1, 0.15) is 12.2 Å². The third-order valence-electron chi connectivity index (χ3n) is 6.14. The molecule has 1 aliphatic heterocycles. The first kappa shape index (κ1) is 25.0. The highest BCUT2D eigenvalue weighted by Gasteiger charge is 2.34. The maximum atomic E-state index is 13.3. The molecule has 0 fully saturated rings. The zero-order chi connectivity index (χ0) is 20.7. The Hall–Kier alpha value is -2.22. The molecule has 9 heteroatoms. The molecule has 1 aliphatic carbocycles. The molecule has 0 saturated heterocycles. The van der Waals surface area contributed by atoms with Crippen molar-refractivity contribution in [3.05, 3.63) is 47.9 Å². The summed E-state index contributed by atoms with van der Waals surface area (Å²) in [6, 6.07) is 7.48. The van der Waals surface area contributed by atoms with E-state index in [1.807, 2.05) is 49.5 Å². The van der Waals surface area contributed by atoms with Gasteiger partial charge in [0.15, 0.2) is 12.5 Å². The van der Waals surface area contributed by atoms with Gasteiger partial charge in [-0.15, -0.1) is 24.8 Å². The average molecular weight is 469 g/mol. The summed E-state index contributed by atoms with van der Waals surface area (Å²) in [6.45, 7) is 4.45. The number of esters is 1.